The van der Waals surface area contributed by atoms with E-state index in [9.17, 15) is 20.4 Å². The van der Waals surface area contributed by atoms with Crippen molar-refractivity contribution in [2.24, 2.45) is 0 Å². The zero-order chi connectivity index (χ0) is 19.8. The van der Waals surface area contributed by atoms with Crippen molar-refractivity contribution in [3.05, 3.63) is 41.2 Å². The van der Waals surface area contributed by atoms with Gasteiger partial charge >= 0.3 is 0 Å². The zero-order valence-corrected chi connectivity index (χ0v) is 15.6. The summed E-state index contributed by atoms with van der Waals surface area (Å²) in [5.74, 6) is 0.364. The molecule has 0 amide bonds. The number of rotatable bonds is 4. The number of aliphatic hydroxyl groups is 4. The molecule has 28 heavy (non-hydrogen) atoms. The van der Waals surface area contributed by atoms with Gasteiger partial charge in [-0.1, -0.05) is 11.3 Å². The molecule has 2 saturated heterocycles. The number of aryl methyl sites for hydroxylation is 1. The highest BCUT2D eigenvalue weighted by Gasteiger charge is 2.45. The first-order chi connectivity index (χ1) is 13.5. The lowest BCUT2D eigenvalue weighted by molar-refractivity contribution is -0.146. The SMILES string of the molecule is Cc1cc(-n2cc(C3CCCNC3)nn2)ccc1C(O)C1OC(O)C(O)C1O. The normalized spacial score (nSPS) is 31.8. The van der Waals surface area contributed by atoms with Gasteiger partial charge in [0.1, 0.15) is 24.4 Å². The molecule has 1 aromatic heterocycles. The maximum atomic E-state index is 10.6. The van der Waals surface area contributed by atoms with Gasteiger partial charge in [0.15, 0.2) is 6.29 Å². The molecule has 3 heterocycles. The highest BCUT2D eigenvalue weighted by atomic mass is 16.6. The van der Waals surface area contributed by atoms with Gasteiger partial charge < -0.3 is 30.5 Å². The minimum Gasteiger partial charge on any atom is -0.387 e. The smallest absolute Gasteiger partial charge is 0.184 e. The Labute approximate surface area is 162 Å². The van der Waals surface area contributed by atoms with E-state index >= 15 is 0 Å². The van der Waals surface area contributed by atoms with Crippen molar-refractivity contribution < 1.29 is 25.2 Å². The molecule has 6 atom stereocenters. The van der Waals surface area contributed by atoms with Crippen LogP contribution >= 0.6 is 0 Å². The van der Waals surface area contributed by atoms with E-state index in [0.717, 1.165) is 42.9 Å². The highest BCUT2D eigenvalue weighted by molar-refractivity contribution is 5.41. The van der Waals surface area contributed by atoms with Gasteiger partial charge in [-0.25, -0.2) is 4.68 Å². The van der Waals surface area contributed by atoms with Gasteiger partial charge in [0.05, 0.1) is 17.6 Å². The molecule has 0 spiro atoms. The maximum absolute atomic E-state index is 10.6. The number of piperidine rings is 1. The van der Waals surface area contributed by atoms with Gasteiger partial charge in [0, 0.05) is 12.5 Å². The van der Waals surface area contributed by atoms with Crippen molar-refractivity contribution in [3.63, 3.8) is 0 Å². The van der Waals surface area contributed by atoms with E-state index in [1.54, 1.807) is 16.8 Å². The van der Waals surface area contributed by atoms with Crippen LogP contribution in [0.2, 0.25) is 0 Å². The zero-order valence-electron chi connectivity index (χ0n) is 15.6. The third kappa shape index (κ3) is 3.57. The van der Waals surface area contributed by atoms with E-state index < -0.39 is 30.7 Å². The summed E-state index contributed by atoms with van der Waals surface area (Å²) in [5.41, 5.74) is 3.09. The molecule has 0 radical (unpaired) electrons. The fourth-order valence-corrected chi connectivity index (χ4v) is 3.95. The van der Waals surface area contributed by atoms with E-state index in [0.29, 0.717) is 11.5 Å². The number of aliphatic hydroxyl groups excluding tert-OH is 4. The first-order valence-corrected chi connectivity index (χ1v) is 9.57. The van der Waals surface area contributed by atoms with E-state index in [1.165, 1.54) is 0 Å². The van der Waals surface area contributed by atoms with Crippen LogP contribution in [0, 0.1) is 6.92 Å². The summed E-state index contributed by atoms with van der Waals surface area (Å²) in [4.78, 5) is 0. The van der Waals surface area contributed by atoms with Crippen LogP contribution in [0.15, 0.2) is 24.4 Å². The van der Waals surface area contributed by atoms with Crippen molar-refractivity contribution >= 4 is 0 Å². The van der Waals surface area contributed by atoms with Crippen LogP contribution in [-0.2, 0) is 4.74 Å². The molecular formula is C19H26N4O5. The number of nitrogens with zero attached hydrogens (tertiary/aromatic N) is 3. The molecular weight excluding hydrogens is 364 g/mol. The molecule has 1 aromatic carbocycles. The van der Waals surface area contributed by atoms with Gasteiger partial charge in [-0.2, -0.15) is 0 Å². The van der Waals surface area contributed by atoms with Crippen molar-refractivity contribution in [2.45, 2.75) is 56.4 Å². The Morgan fingerprint density at radius 2 is 2.07 bits per heavy atom. The summed E-state index contributed by atoms with van der Waals surface area (Å²) in [6.07, 6.45) is -2.47. The molecule has 152 valence electrons. The predicted octanol–water partition coefficient (Wildman–Crippen LogP) is -0.485. The average Bonchev–Trinajstić information content (AvgIpc) is 3.29. The number of aromatic nitrogens is 3. The lowest BCUT2D eigenvalue weighted by Gasteiger charge is -2.23. The standard InChI is InChI=1S/C19H26N4O5/c1-10-7-12(23-9-14(21-22-23)11-3-2-6-20-8-11)4-5-13(10)15(24)18-16(25)17(26)19(27)28-18/h4-5,7,9,11,15-20,24-27H,2-3,6,8H2,1H3. The number of ether oxygens (including phenoxy) is 1. The largest absolute Gasteiger partial charge is 0.387 e. The van der Waals surface area contributed by atoms with Crippen LogP contribution in [0.25, 0.3) is 5.69 Å². The van der Waals surface area contributed by atoms with Crippen molar-refractivity contribution in [1.82, 2.24) is 20.3 Å². The Kier molecular flexibility index (Phi) is 5.46. The summed E-state index contributed by atoms with van der Waals surface area (Å²) in [6.45, 7) is 3.78. The second-order valence-corrected chi connectivity index (χ2v) is 7.59. The quantitative estimate of drug-likeness (QED) is 0.473. The third-order valence-electron chi connectivity index (χ3n) is 5.65. The van der Waals surface area contributed by atoms with E-state index in [4.69, 9.17) is 4.74 Å². The van der Waals surface area contributed by atoms with Crippen molar-refractivity contribution in [2.75, 3.05) is 13.1 Å². The molecule has 9 nitrogen and oxygen atoms in total. The summed E-state index contributed by atoms with van der Waals surface area (Å²) in [7, 11) is 0. The first kappa shape index (κ1) is 19.4. The van der Waals surface area contributed by atoms with Gasteiger partial charge in [-0.3, -0.25) is 0 Å². The summed E-state index contributed by atoms with van der Waals surface area (Å²) in [5, 5.41) is 51.7. The molecule has 4 rings (SSSR count). The van der Waals surface area contributed by atoms with E-state index in [-0.39, 0.29) is 0 Å². The minimum absolute atomic E-state index is 0.364. The molecule has 5 N–H and O–H groups in total. The fourth-order valence-electron chi connectivity index (χ4n) is 3.95. The minimum atomic E-state index is -1.52. The topological polar surface area (TPSA) is 133 Å². The van der Waals surface area contributed by atoms with Crippen molar-refractivity contribution in [1.29, 1.82) is 0 Å². The lowest BCUT2D eigenvalue weighted by atomic mass is 9.95. The second-order valence-electron chi connectivity index (χ2n) is 7.59. The molecule has 2 aliphatic heterocycles. The first-order valence-electron chi connectivity index (χ1n) is 9.57. The van der Waals surface area contributed by atoms with Crippen LogP contribution in [-0.4, -0.2) is 73.1 Å². The molecule has 2 aliphatic rings. The van der Waals surface area contributed by atoms with Crippen LogP contribution in [0.4, 0.5) is 0 Å². The van der Waals surface area contributed by atoms with Gasteiger partial charge in [-0.05, 0) is 49.6 Å². The molecule has 2 aromatic rings. The lowest BCUT2D eigenvalue weighted by Crippen LogP contribution is -2.35. The highest BCUT2D eigenvalue weighted by Crippen LogP contribution is 2.32. The van der Waals surface area contributed by atoms with Crippen molar-refractivity contribution in [3.8, 4) is 5.69 Å². The molecule has 2 fully saturated rings. The number of benzene rings is 1. The maximum Gasteiger partial charge on any atom is 0.184 e. The number of hydrogen-bond donors (Lipinski definition) is 5. The Balaban J connectivity index is 1.52. The summed E-state index contributed by atoms with van der Waals surface area (Å²) >= 11 is 0. The Morgan fingerprint density at radius 1 is 1.25 bits per heavy atom. The summed E-state index contributed by atoms with van der Waals surface area (Å²) < 4.78 is 6.82. The van der Waals surface area contributed by atoms with Crippen LogP contribution in [0.1, 0.15) is 41.7 Å². The van der Waals surface area contributed by atoms with Gasteiger partial charge in [0.25, 0.3) is 0 Å². The van der Waals surface area contributed by atoms with Gasteiger partial charge in [0.2, 0.25) is 0 Å². The summed E-state index contributed by atoms with van der Waals surface area (Å²) in [6, 6.07) is 5.40. The monoisotopic (exact) mass is 390 g/mol. The third-order valence-corrected chi connectivity index (χ3v) is 5.65. The number of hydrogen-bond acceptors (Lipinski definition) is 8. The molecule has 0 aliphatic carbocycles. The van der Waals surface area contributed by atoms with E-state index in [2.05, 4.69) is 15.6 Å². The molecule has 0 bridgehead atoms. The van der Waals surface area contributed by atoms with Gasteiger partial charge in [-0.15, -0.1) is 5.10 Å². The molecule has 0 saturated carbocycles. The average molecular weight is 390 g/mol. The fraction of sp³-hybridized carbons (Fsp3) is 0.579. The van der Waals surface area contributed by atoms with Crippen LogP contribution in [0.5, 0.6) is 0 Å². The van der Waals surface area contributed by atoms with Crippen LogP contribution < -0.4 is 5.32 Å². The Bertz CT molecular complexity index is 822. The number of nitrogens with one attached hydrogen (secondary N) is 1. The Hall–Kier alpha value is -1.88. The predicted molar refractivity (Wildman–Crippen MR) is 98.8 cm³/mol. The molecule has 9 heteroatoms. The second kappa shape index (κ2) is 7.86. The van der Waals surface area contributed by atoms with E-state index in [1.807, 2.05) is 19.2 Å². The van der Waals surface area contributed by atoms with Crippen LogP contribution in [0.3, 0.4) is 0 Å². The Morgan fingerprint density at radius 3 is 2.71 bits per heavy atom. The molecule has 6 unspecified atom stereocenters.